The largest absolute Gasteiger partial charge is 0.466 e. The number of aromatic nitrogens is 1. The van der Waals surface area contributed by atoms with E-state index in [1.165, 1.54) is 44.5 Å². The monoisotopic (exact) mass is 514 g/mol. The van der Waals surface area contributed by atoms with Crippen LogP contribution in [0.15, 0.2) is 35.3 Å². The fourth-order valence-corrected chi connectivity index (χ4v) is 3.72. The van der Waals surface area contributed by atoms with Crippen LogP contribution in [0.4, 0.5) is 18.9 Å². The number of pyridine rings is 1. The van der Waals surface area contributed by atoms with Crippen LogP contribution in [0.2, 0.25) is 0 Å². The van der Waals surface area contributed by atoms with Gasteiger partial charge in [-0.15, -0.1) is 0 Å². The molecule has 2 atom stereocenters. The van der Waals surface area contributed by atoms with Crippen LogP contribution in [0, 0.1) is 5.92 Å². The Morgan fingerprint density at radius 3 is 2.64 bits per heavy atom. The molecule has 1 aliphatic rings. The molecule has 0 saturated carbocycles. The van der Waals surface area contributed by atoms with Gasteiger partial charge in [0.05, 0.1) is 13.0 Å². The lowest BCUT2D eigenvalue weighted by atomic mass is 9.97. The summed E-state index contributed by atoms with van der Waals surface area (Å²) in [7, 11) is 1.21. The number of carbonyl (C=O) groups excluding carboxylic acids is 4. The van der Waals surface area contributed by atoms with Crippen LogP contribution in [0.5, 0.6) is 0 Å². The number of anilines is 1. The summed E-state index contributed by atoms with van der Waals surface area (Å²) in [5.74, 6) is -3.99. The summed E-state index contributed by atoms with van der Waals surface area (Å²) in [5.41, 5.74) is -0.890. The third-order valence-electron chi connectivity index (χ3n) is 5.59. The van der Waals surface area contributed by atoms with Crippen molar-refractivity contribution in [3.05, 3.63) is 40.8 Å². The van der Waals surface area contributed by atoms with E-state index in [1.807, 2.05) is 0 Å². The van der Waals surface area contributed by atoms with Gasteiger partial charge < -0.3 is 24.8 Å². The van der Waals surface area contributed by atoms with Gasteiger partial charge in [-0.2, -0.15) is 13.2 Å². The van der Waals surface area contributed by atoms with Gasteiger partial charge in [0.2, 0.25) is 17.7 Å². The lowest BCUT2D eigenvalue weighted by molar-refractivity contribution is -0.188. The Kier molecular flexibility index (Phi) is 10.2. The van der Waals surface area contributed by atoms with Crippen molar-refractivity contribution in [3.63, 3.8) is 0 Å². The van der Waals surface area contributed by atoms with Crippen LogP contribution in [0.1, 0.15) is 32.6 Å². The summed E-state index contributed by atoms with van der Waals surface area (Å²) in [6.45, 7) is 0.436. The zero-order valence-electron chi connectivity index (χ0n) is 20.0. The lowest BCUT2D eigenvalue weighted by Gasteiger charge is -2.33. The third-order valence-corrected chi connectivity index (χ3v) is 5.59. The maximum Gasteiger partial charge on any atom is 0.393 e. The van der Waals surface area contributed by atoms with E-state index in [0.29, 0.717) is 0 Å². The van der Waals surface area contributed by atoms with Crippen molar-refractivity contribution in [2.24, 2.45) is 5.92 Å². The number of amides is 3. The molecule has 1 fully saturated rings. The molecule has 2 heterocycles. The van der Waals surface area contributed by atoms with E-state index in [2.05, 4.69) is 15.4 Å². The number of alkyl halides is 3. The molecule has 1 aliphatic heterocycles. The van der Waals surface area contributed by atoms with E-state index < -0.39 is 60.5 Å². The van der Waals surface area contributed by atoms with E-state index in [-0.39, 0.29) is 37.9 Å². The van der Waals surface area contributed by atoms with Crippen molar-refractivity contribution in [2.75, 3.05) is 25.5 Å². The van der Waals surface area contributed by atoms with Crippen molar-refractivity contribution in [3.8, 4) is 0 Å². The molecule has 36 heavy (non-hydrogen) atoms. The highest BCUT2D eigenvalue weighted by molar-refractivity contribution is 5.96. The van der Waals surface area contributed by atoms with Gasteiger partial charge in [0.25, 0.3) is 5.56 Å². The highest BCUT2D eigenvalue weighted by Gasteiger charge is 2.42. The van der Waals surface area contributed by atoms with Gasteiger partial charge in [0.15, 0.2) is 0 Å². The quantitative estimate of drug-likeness (QED) is 0.381. The van der Waals surface area contributed by atoms with Crippen molar-refractivity contribution in [1.82, 2.24) is 14.8 Å². The van der Waals surface area contributed by atoms with Crippen LogP contribution in [0.3, 0.4) is 0 Å². The molecule has 1 aromatic rings. The molecular weight excluding hydrogens is 485 g/mol. The minimum Gasteiger partial charge on any atom is -0.466 e. The summed E-state index contributed by atoms with van der Waals surface area (Å²) in [4.78, 5) is 61.9. The molecule has 198 valence electrons. The van der Waals surface area contributed by atoms with Gasteiger partial charge in [-0.1, -0.05) is 6.08 Å². The molecule has 10 nitrogen and oxygen atoms in total. The number of hydrogen-bond donors (Lipinski definition) is 2. The van der Waals surface area contributed by atoms with Crippen molar-refractivity contribution in [2.45, 2.75) is 51.4 Å². The molecular formula is C23H29F3N4O6. The Morgan fingerprint density at radius 1 is 1.28 bits per heavy atom. The zero-order valence-corrected chi connectivity index (χ0v) is 20.0. The molecule has 1 aromatic heterocycles. The van der Waals surface area contributed by atoms with Gasteiger partial charge in [0, 0.05) is 32.3 Å². The molecule has 3 amide bonds. The maximum absolute atomic E-state index is 13.1. The highest BCUT2D eigenvalue weighted by atomic mass is 19.4. The second-order valence-corrected chi connectivity index (χ2v) is 8.32. The van der Waals surface area contributed by atoms with Gasteiger partial charge in [-0.3, -0.25) is 19.2 Å². The van der Waals surface area contributed by atoms with E-state index in [1.54, 1.807) is 0 Å². The first-order valence-electron chi connectivity index (χ1n) is 11.3. The van der Waals surface area contributed by atoms with Crippen LogP contribution in [-0.4, -0.2) is 65.6 Å². The molecule has 2 rings (SSSR count). The molecule has 2 N–H and O–H groups in total. The summed E-state index contributed by atoms with van der Waals surface area (Å²) in [5, 5.41) is 4.89. The van der Waals surface area contributed by atoms with Crippen molar-refractivity contribution in [1.29, 1.82) is 0 Å². The highest BCUT2D eigenvalue weighted by Crippen LogP contribution is 2.33. The van der Waals surface area contributed by atoms with Gasteiger partial charge in [0.1, 0.15) is 18.3 Å². The van der Waals surface area contributed by atoms with Crippen molar-refractivity contribution >= 4 is 29.4 Å². The Balaban J connectivity index is 2.08. The molecule has 0 radical (unpaired) electrons. The average Bonchev–Trinajstić information content (AvgIpc) is 2.82. The normalized spacial score (nSPS) is 16.9. The molecule has 2 unspecified atom stereocenters. The molecule has 0 bridgehead atoms. The minimum absolute atomic E-state index is 0.0529. The standard InChI is InChI=1S/C23H29F3N4O6/c1-15(31)27-17(8-3-4-10-20(33)36-2)21(34)28-18-9-6-12-30(22(18)35)14-19(32)29-11-5-7-16(13-29)23(24,25)26/h4,6,9-10,12,16-17H,3,5,7-8,11,13-14H2,1-2H3,(H,27,31)(H,28,34)/b10-4+. The van der Waals surface area contributed by atoms with Gasteiger partial charge in [-0.25, -0.2) is 4.79 Å². The number of likely N-dealkylation sites (tertiary alicyclic amines) is 1. The molecule has 0 aromatic carbocycles. The molecule has 1 saturated heterocycles. The fraction of sp³-hybridized carbons (Fsp3) is 0.522. The third kappa shape index (κ3) is 8.54. The second kappa shape index (κ2) is 12.9. The molecule has 0 aliphatic carbocycles. The smallest absolute Gasteiger partial charge is 0.393 e. The number of methoxy groups -OCH3 is 1. The lowest BCUT2D eigenvalue weighted by Crippen LogP contribution is -2.46. The number of hydrogen-bond acceptors (Lipinski definition) is 6. The van der Waals surface area contributed by atoms with Crippen LogP contribution in [-0.2, 0) is 30.5 Å². The van der Waals surface area contributed by atoms with Gasteiger partial charge in [-0.05, 0) is 37.8 Å². The SMILES string of the molecule is COC(=O)/C=C/CCC(NC(C)=O)C(=O)Nc1cccn(CC(=O)N2CCCC(C(F)(F)F)C2)c1=O. The Labute approximate surface area is 205 Å². The van der Waals surface area contributed by atoms with E-state index in [4.69, 9.17) is 0 Å². The number of nitrogens with zero attached hydrogens (tertiary/aromatic N) is 2. The fourth-order valence-electron chi connectivity index (χ4n) is 3.72. The van der Waals surface area contributed by atoms with Crippen molar-refractivity contribution < 1.29 is 37.1 Å². The number of halogens is 3. The number of carbonyl (C=O) groups is 4. The van der Waals surface area contributed by atoms with E-state index in [9.17, 15) is 37.1 Å². The summed E-state index contributed by atoms with van der Waals surface area (Å²) in [6.07, 6.45) is 0.0593. The first-order valence-corrected chi connectivity index (χ1v) is 11.3. The number of ether oxygens (including phenoxy) is 1. The molecule has 13 heteroatoms. The number of allylic oxidation sites excluding steroid dienone is 1. The first-order chi connectivity index (χ1) is 16.9. The number of nitrogens with one attached hydrogen (secondary N) is 2. The first kappa shape index (κ1) is 28.6. The summed E-state index contributed by atoms with van der Waals surface area (Å²) < 4.78 is 44.6. The summed E-state index contributed by atoms with van der Waals surface area (Å²) in [6, 6.07) is 1.70. The minimum atomic E-state index is -4.40. The Hall–Kier alpha value is -3.64. The molecule has 0 spiro atoms. The predicted molar refractivity (Wildman–Crippen MR) is 123 cm³/mol. The summed E-state index contributed by atoms with van der Waals surface area (Å²) >= 11 is 0. The second-order valence-electron chi connectivity index (χ2n) is 8.32. The topological polar surface area (TPSA) is 127 Å². The van der Waals surface area contributed by atoms with Gasteiger partial charge >= 0.3 is 12.1 Å². The van der Waals surface area contributed by atoms with Crippen LogP contribution in [0.25, 0.3) is 0 Å². The van der Waals surface area contributed by atoms with Crippen LogP contribution < -0.4 is 16.2 Å². The zero-order chi connectivity index (χ0) is 26.9. The number of esters is 1. The van der Waals surface area contributed by atoms with E-state index >= 15 is 0 Å². The Bertz CT molecular complexity index is 1050. The van der Waals surface area contributed by atoms with Crippen LogP contribution >= 0.6 is 0 Å². The predicted octanol–water partition coefficient (Wildman–Crippen LogP) is 1.60. The maximum atomic E-state index is 13.1. The number of piperidine rings is 1. The number of rotatable bonds is 9. The Morgan fingerprint density at radius 2 is 2.00 bits per heavy atom. The average molecular weight is 515 g/mol. The van der Waals surface area contributed by atoms with E-state index in [0.717, 1.165) is 9.47 Å².